The van der Waals surface area contributed by atoms with Crippen molar-refractivity contribution in [2.75, 3.05) is 41.3 Å². The normalized spacial score (nSPS) is 16.7. The van der Waals surface area contributed by atoms with Gasteiger partial charge in [0.15, 0.2) is 5.69 Å². The molecule has 0 aliphatic carbocycles. The van der Waals surface area contributed by atoms with Crippen LogP contribution in [0.15, 0.2) is 34.9 Å². The molecule has 2 aliphatic heterocycles. The molecule has 11 heteroatoms. The van der Waals surface area contributed by atoms with Gasteiger partial charge < -0.3 is 24.9 Å². The van der Waals surface area contributed by atoms with Gasteiger partial charge in [-0.05, 0) is 44.9 Å². The van der Waals surface area contributed by atoms with Gasteiger partial charge in [-0.25, -0.2) is 9.97 Å². The number of hydrogen-bond acceptors (Lipinski definition) is 9. The molecule has 11 nitrogen and oxygen atoms in total. The summed E-state index contributed by atoms with van der Waals surface area (Å²) in [5.74, 6) is 1.15. The van der Waals surface area contributed by atoms with Crippen LogP contribution in [-0.4, -0.2) is 59.0 Å². The van der Waals surface area contributed by atoms with Crippen LogP contribution in [0.5, 0.6) is 0 Å². The number of aryl methyl sites for hydroxylation is 1. The van der Waals surface area contributed by atoms with Gasteiger partial charge in [0.1, 0.15) is 23.7 Å². The van der Waals surface area contributed by atoms with Gasteiger partial charge in [0, 0.05) is 43.1 Å². The summed E-state index contributed by atoms with van der Waals surface area (Å²) in [4.78, 5) is 43.3. The van der Waals surface area contributed by atoms with E-state index in [9.17, 15) is 9.59 Å². The van der Waals surface area contributed by atoms with Gasteiger partial charge in [0.2, 0.25) is 11.8 Å². The fraction of sp³-hybridized carbons (Fsp3) is 0.360. The Balaban J connectivity index is 1.49. The number of amides is 2. The van der Waals surface area contributed by atoms with Crippen molar-refractivity contribution < 1.29 is 14.0 Å². The molecule has 1 fully saturated rings. The van der Waals surface area contributed by atoms with E-state index in [2.05, 4.69) is 30.5 Å². The van der Waals surface area contributed by atoms with E-state index in [0.717, 1.165) is 19.4 Å². The van der Waals surface area contributed by atoms with Crippen LogP contribution in [0.1, 0.15) is 46.4 Å². The molecule has 5 rings (SSSR count). The molecule has 2 amide bonds. The van der Waals surface area contributed by atoms with E-state index in [0.29, 0.717) is 47.4 Å². The lowest BCUT2D eigenvalue weighted by Crippen LogP contribution is -2.39. The van der Waals surface area contributed by atoms with Gasteiger partial charge in [0.25, 0.3) is 11.8 Å². The summed E-state index contributed by atoms with van der Waals surface area (Å²) in [6.07, 6.45) is 3.59. The molecule has 0 radical (unpaired) electrons. The molecule has 0 saturated carbocycles. The average Bonchev–Trinajstić information content (AvgIpc) is 3.49. The van der Waals surface area contributed by atoms with E-state index in [1.807, 2.05) is 37.3 Å². The maximum absolute atomic E-state index is 13.7. The Labute approximate surface area is 208 Å². The molecule has 1 saturated heterocycles. The number of hydrogen-bond donors (Lipinski definition) is 2. The third-order valence-electron chi connectivity index (χ3n) is 6.37. The van der Waals surface area contributed by atoms with Crippen LogP contribution in [0.3, 0.4) is 0 Å². The molecule has 1 unspecified atom stereocenters. The minimum atomic E-state index is -0.474. The number of rotatable bonds is 6. The van der Waals surface area contributed by atoms with Crippen LogP contribution < -0.4 is 20.4 Å². The molecule has 1 atom stereocenters. The lowest BCUT2D eigenvalue weighted by molar-refractivity contribution is 0.0951. The summed E-state index contributed by atoms with van der Waals surface area (Å²) in [5.41, 5.74) is 1.92. The number of nitrogens with one attached hydrogen (secondary N) is 2. The van der Waals surface area contributed by atoms with Crippen molar-refractivity contribution in [2.45, 2.75) is 32.7 Å². The van der Waals surface area contributed by atoms with Crippen molar-refractivity contribution >= 4 is 29.3 Å². The standard InChI is InChI=1S/C25H26N8O3/c1-3-27-25-29-13-19-21(31-25)32-11-5-8-18(32)14-33(24(19)35)17-7-4-6-16(12-17)23-30-20(15(2)36-23)22(34)28-10-9-26/h4,6-7,12-13,18H,3,5,8,10-11,14H2,1-2H3,(H,28,34)(H,27,29,31). The number of carbonyl (C=O) groups is 2. The fourth-order valence-electron chi connectivity index (χ4n) is 4.69. The predicted molar refractivity (Wildman–Crippen MR) is 133 cm³/mol. The topological polar surface area (TPSA) is 140 Å². The number of nitrogens with zero attached hydrogens (tertiary/aromatic N) is 6. The Morgan fingerprint density at radius 2 is 2.19 bits per heavy atom. The summed E-state index contributed by atoms with van der Waals surface area (Å²) in [5, 5.41) is 14.3. The number of oxazole rings is 1. The lowest BCUT2D eigenvalue weighted by atomic mass is 10.1. The van der Waals surface area contributed by atoms with Crippen molar-refractivity contribution in [2.24, 2.45) is 0 Å². The summed E-state index contributed by atoms with van der Waals surface area (Å²) in [6.45, 7) is 5.55. The first-order valence-corrected chi connectivity index (χ1v) is 11.9. The number of fused-ring (bicyclic) bond motifs is 3. The zero-order valence-electron chi connectivity index (χ0n) is 20.1. The van der Waals surface area contributed by atoms with Gasteiger partial charge in [-0.2, -0.15) is 10.2 Å². The second-order valence-corrected chi connectivity index (χ2v) is 8.68. The summed E-state index contributed by atoms with van der Waals surface area (Å²) < 4.78 is 5.76. The van der Waals surface area contributed by atoms with Crippen LogP contribution in [0.4, 0.5) is 17.5 Å². The number of benzene rings is 1. The van der Waals surface area contributed by atoms with Crippen LogP contribution >= 0.6 is 0 Å². The highest BCUT2D eigenvalue weighted by Gasteiger charge is 2.37. The Kier molecular flexibility index (Phi) is 6.25. The number of nitriles is 1. The summed E-state index contributed by atoms with van der Waals surface area (Å²) >= 11 is 0. The zero-order valence-corrected chi connectivity index (χ0v) is 20.1. The van der Waals surface area contributed by atoms with Crippen LogP contribution in [0, 0.1) is 18.3 Å². The highest BCUT2D eigenvalue weighted by molar-refractivity contribution is 6.10. The Hall–Kier alpha value is -4.46. The second-order valence-electron chi connectivity index (χ2n) is 8.68. The van der Waals surface area contributed by atoms with Gasteiger partial charge in [-0.3, -0.25) is 9.59 Å². The average molecular weight is 487 g/mol. The van der Waals surface area contributed by atoms with Crippen molar-refractivity contribution in [3.63, 3.8) is 0 Å². The van der Waals surface area contributed by atoms with E-state index in [1.165, 1.54) is 0 Å². The minimum Gasteiger partial charge on any atom is -0.441 e. The third-order valence-corrected chi connectivity index (χ3v) is 6.37. The van der Waals surface area contributed by atoms with E-state index >= 15 is 0 Å². The smallest absolute Gasteiger partial charge is 0.274 e. The highest BCUT2D eigenvalue weighted by Crippen LogP contribution is 2.35. The van der Waals surface area contributed by atoms with Crippen LogP contribution in [-0.2, 0) is 0 Å². The largest absolute Gasteiger partial charge is 0.441 e. The maximum atomic E-state index is 13.7. The predicted octanol–water partition coefficient (Wildman–Crippen LogP) is 2.75. The van der Waals surface area contributed by atoms with E-state index in [-0.39, 0.29) is 30.1 Å². The van der Waals surface area contributed by atoms with Crippen molar-refractivity contribution in [1.82, 2.24) is 20.3 Å². The van der Waals surface area contributed by atoms with E-state index in [1.54, 1.807) is 18.0 Å². The Morgan fingerprint density at radius 3 is 3.00 bits per heavy atom. The molecular weight excluding hydrogens is 460 g/mol. The first kappa shape index (κ1) is 23.3. The maximum Gasteiger partial charge on any atom is 0.274 e. The number of anilines is 3. The molecule has 2 N–H and O–H groups in total. The van der Waals surface area contributed by atoms with E-state index < -0.39 is 5.91 Å². The van der Waals surface area contributed by atoms with Gasteiger partial charge in [-0.15, -0.1) is 0 Å². The molecule has 4 heterocycles. The van der Waals surface area contributed by atoms with Crippen LogP contribution in [0.2, 0.25) is 0 Å². The third kappa shape index (κ3) is 4.22. The van der Waals surface area contributed by atoms with Crippen LogP contribution in [0.25, 0.3) is 11.5 Å². The number of carbonyl (C=O) groups excluding carboxylic acids is 2. The van der Waals surface area contributed by atoms with Crippen molar-refractivity contribution in [3.05, 3.63) is 47.5 Å². The molecular formula is C25H26N8O3. The molecule has 0 spiro atoms. The fourth-order valence-corrected chi connectivity index (χ4v) is 4.69. The lowest BCUT2D eigenvalue weighted by Gasteiger charge is -2.27. The van der Waals surface area contributed by atoms with E-state index in [4.69, 9.17) is 9.68 Å². The van der Waals surface area contributed by atoms with Crippen molar-refractivity contribution in [3.8, 4) is 17.5 Å². The molecule has 0 bridgehead atoms. The zero-order chi connectivity index (χ0) is 25.2. The molecule has 1 aromatic carbocycles. The SMILES string of the molecule is CCNc1ncc2c(n1)N1CCCC1CN(c1cccc(-c3nc(C(=O)NCC#N)c(C)o3)c1)C2=O. The van der Waals surface area contributed by atoms with Gasteiger partial charge in [0.05, 0.1) is 6.07 Å². The monoisotopic (exact) mass is 486 g/mol. The molecule has 184 valence electrons. The Morgan fingerprint density at radius 1 is 1.33 bits per heavy atom. The molecule has 3 aromatic rings. The van der Waals surface area contributed by atoms with Crippen molar-refractivity contribution in [1.29, 1.82) is 5.26 Å². The molecule has 36 heavy (non-hydrogen) atoms. The highest BCUT2D eigenvalue weighted by atomic mass is 16.4. The van der Waals surface area contributed by atoms with Gasteiger partial charge >= 0.3 is 0 Å². The first-order valence-electron chi connectivity index (χ1n) is 11.9. The first-order chi connectivity index (χ1) is 17.5. The second kappa shape index (κ2) is 9.65. The number of aromatic nitrogens is 3. The summed E-state index contributed by atoms with van der Waals surface area (Å²) in [6, 6.07) is 9.36. The Bertz CT molecular complexity index is 1360. The molecule has 2 aromatic heterocycles. The quantitative estimate of drug-likeness (QED) is 0.503. The minimum absolute atomic E-state index is 0.119. The molecule has 2 aliphatic rings. The summed E-state index contributed by atoms with van der Waals surface area (Å²) in [7, 11) is 0. The van der Waals surface area contributed by atoms with Gasteiger partial charge in [-0.1, -0.05) is 6.07 Å².